The van der Waals surface area contributed by atoms with Gasteiger partial charge in [-0.1, -0.05) is 0 Å². The van der Waals surface area contributed by atoms with Gasteiger partial charge in [0.2, 0.25) is 0 Å². The van der Waals surface area contributed by atoms with Gasteiger partial charge in [0, 0.05) is 24.5 Å². The van der Waals surface area contributed by atoms with Gasteiger partial charge in [0.15, 0.2) is 0 Å². The van der Waals surface area contributed by atoms with E-state index in [1.165, 1.54) is 0 Å². The van der Waals surface area contributed by atoms with E-state index >= 15 is 0 Å². The van der Waals surface area contributed by atoms with Crippen LogP contribution in [0.1, 0.15) is 12.6 Å². The number of aryl methyl sites for hydroxylation is 1. The molecule has 1 aromatic rings. The quantitative estimate of drug-likeness (QED) is 0.691. The average Bonchev–Trinajstić information content (AvgIpc) is 2.47. The summed E-state index contributed by atoms with van der Waals surface area (Å²) in [6.07, 6.45) is 4.65. The van der Waals surface area contributed by atoms with E-state index in [2.05, 4.69) is 0 Å². The van der Waals surface area contributed by atoms with Crippen molar-refractivity contribution in [2.75, 3.05) is 0 Å². The lowest BCUT2D eigenvalue weighted by atomic mass is 10.4. The van der Waals surface area contributed by atoms with E-state index in [-0.39, 0.29) is 0 Å². The first-order valence-corrected chi connectivity index (χ1v) is 3.80. The Balaban J connectivity index is 2.81. The summed E-state index contributed by atoms with van der Waals surface area (Å²) in [7, 11) is 0. The van der Waals surface area contributed by atoms with Gasteiger partial charge in [-0.2, -0.15) is 0 Å². The number of hydrogen-bond donors (Lipinski definition) is 1. The summed E-state index contributed by atoms with van der Waals surface area (Å²) in [6.45, 7) is 2.87. The van der Waals surface area contributed by atoms with Crippen molar-refractivity contribution in [3.63, 3.8) is 0 Å². The molecule has 64 valence electrons. The van der Waals surface area contributed by atoms with Crippen LogP contribution in [0.5, 0.6) is 0 Å². The summed E-state index contributed by atoms with van der Waals surface area (Å²) in [5, 5.41) is 8.38. The van der Waals surface area contributed by atoms with Gasteiger partial charge in [0.1, 0.15) is 0 Å². The lowest BCUT2D eigenvalue weighted by Crippen LogP contribution is -1.94. The average molecular weight is 165 g/mol. The Morgan fingerprint density at radius 1 is 1.75 bits per heavy atom. The fraction of sp³-hybridized carbons (Fsp3) is 0.222. The number of rotatable bonds is 3. The van der Waals surface area contributed by atoms with Crippen LogP contribution in [0.15, 0.2) is 24.4 Å². The third-order valence-electron chi connectivity index (χ3n) is 1.60. The van der Waals surface area contributed by atoms with Crippen molar-refractivity contribution in [3.05, 3.63) is 30.1 Å². The molecule has 12 heavy (non-hydrogen) atoms. The zero-order valence-electron chi connectivity index (χ0n) is 6.90. The van der Waals surface area contributed by atoms with Crippen molar-refractivity contribution in [2.45, 2.75) is 13.5 Å². The first kappa shape index (κ1) is 8.59. The number of nitrogens with zero attached hydrogens (tertiary/aromatic N) is 1. The standard InChI is InChI=1S/C9H11NO2/c1-2-10-7-3-4-8(10)5-6-9(11)12/h3-7H,2H2,1H3,(H,11,12)/b6-5+. The van der Waals surface area contributed by atoms with Crippen LogP contribution in [0.25, 0.3) is 6.08 Å². The molecule has 0 aliphatic rings. The van der Waals surface area contributed by atoms with Crippen molar-refractivity contribution >= 4 is 12.0 Å². The maximum Gasteiger partial charge on any atom is 0.328 e. The summed E-state index contributed by atoms with van der Waals surface area (Å²) in [4.78, 5) is 10.2. The monoisotopic (exact) mass is 165 g/mol. The Bertz CT molecular complexity index is 299. The summed E-state index contributed by atoms with van der Waals surface area (Å²) in [5.41, 5.74) is 0.917. The number of aromatic nitrogens is 1. The summed E-state index contributed by atoms with van der Waals surface area (Å²) < 4.78 is 1.97. The molecule has 1 N–H and O–H groups in total. The fourth-order valence-electron chi connectivity index (χ4n) is 1.02. The minimum atomic E-state index is -0.918. The van der Waals surface area contributed by atoms with Gasteiger partial charge in [-0.05, 0) is 25.1 Å². The van der Waals surface area contributed by atoms with Gasteiger partial charge < -0.3 is 9.67 Å². The Morgan fingerprint density at radius 3 is 3.08 bits per heavy atom. The third kappa shape index (κ3) is 1.99. The van der Waals surface area contributed by atoms with E-state index in [4.69, 9.17) is 5.11 Å². The van der Waals surface area contributed by atoms with Crippen LogP contribution in [0.4, 0.5) is 0 Å². The molecule has 0 aromatic carbocycles. The van der Waals surface area contributed by atoms with E-state index in [1.807, 2.05) is 29.8 Å². The smallest absolute Gasteiger partial charge is 0.328 e. The number of carboxylic acids is 1. The normalized spacial score (nSPS) is 10.8. The Hall–Kier alpha value is -1.51. The fourth-order valence-corrected chi connectivity index (χ4v) is 1.02. The third-order valence-corrected chi connectivity index (χ3v) is 1.60. The number of aliphatic carboxylic acids is 1. The van der Waals surface area contributed by atoms with Gasteiger partial charge in [-0.15, -0.1) is 0 Å². The van der Waals surface area contributed by atoms with Crippen molar-refractivity contribution in [1.29, 1.82) is 0 Å². The molecule has 0 unspecified atom stereocenters. The van der Waals surface area contributed by atoms with E-state index in [0.29, 0.717) is 0 Å². The van der Waals surface area contributed by atoms with Crippen molar-refractivity contribution in [1.82, 2.24) is 4.57 Å². The lowest BCUT2D eigenvalue weighted by molar-refractivity contribution is -0.131. The zero-order chi connectivity index (χ0) is 8.97. The van der Waals surface area contributed by atoms with Gasteiger partial charge in [-0.3, -0.25) is 0 Å². The van der Waals surface area contributed by atoms with Gasteiger partial charge in [0.25, 0.3) is 0 Å². The van der Waals surface area contributed by atoms with Crippen LogP contribution < -0.4 is 0 Å². The van der Waals surface area contributed by atoms with Crippen LogP contribution in [-0.2, 0) is 11.3 Å². The van der Waals surface area contributed by atoms with Gasteiger partial charge in [-0.25, -0.2) is 4.79 Å². The molecule has 0 fully saturated rings. The molecular weight excluding hydrogens is 154 g/mol. The highest BCUT2D eigenvalue weighted by atomic mass is 16.4. The van der Waals surface area contributed by atoms with E-state index < -0.39 is 5.97 Å². The Labute approximate surface area is 70.9 Å². The molecule has 1 heterocycles. The topological polar surface area (TPSA) is 42.2 Å². The first-order chi connectivity index (χ1) is 5.74. The second kappa shape index (κ2) is 3.76. The van der Waals surface area contributed by atoms with E-state index in [9.17, 15) is 4.79 Å². The second-order valence-corrected chi connectivity index (χ2v) is 2.39. The highest BCUT2D eigenvalue weighted by molar-refractivity contribution is 5.84. The molecule has 0 saturated carbocycles. The van der Waals surface area contributed by atoms with E-state index in [0.717, 1.165) is 18.3 Å². The number of hydrogen-bond acceptors (Lipinski definition) is 1. The molecule has 0 spiro atoms. The minimum Gasteiger partial charge on any atom is -0.478 e. The van der Waals surface area contributed by atoms with Crippen molar-refractivity contribution in [3.8, 4) is 0 Å². The molecule has 0 aliphatic carbocycles. The highest BCUT2D eigenvalue weighted by Crippen LogP contribution is 2.03. The SMILES string of the molecule is CCn1cccc1/C=C/C(=O)O. The zero-order valence-corrected chi connectivity index (χ0v) is 6.90. The Kier molecular flexibility index (Phi) is 2.69. The van der Waals surface area contributed by atoms with Crippen LogP contribution in [0.3, 0.4) is 0 Å². The molecule has 1 rings (SSSR count). The van der Waals surface area contributed by atoms with Crippen molar-refractivity contribution < 1.29 is 9.90 Å². The highest BCUT2D eigenvalue weighted by Gasteiger charge is 1.94. The molecule has 0 saturated heterocycles. The second-order valence-electron chi connectivity index (χ2n) is 2.39. The summed E-state index contributed by atoms with van der Waals surface area (Å²) >= 11 is 0. The minimum absolute atomic E-state index is 0.853. The van der Waals surface area contributed by atoms with E-state index in [1.54, 1.807) is 6.08 Å². The van der Waals surface area contributed by atoms with Crippen LogP contribution >= 0.6 is 0 Å². The summed E-state index contributed by atoms with van der Waals surface area (Å²) in [6, 6.07) is 3.77. The van der Waals surface area contributed by atoms with Crippen LogP contribution in [0.2, 0.25) is 0 Å². The van der Waals surface area contributed by atoms with Crippen molar-refractivity contribution in [2.24, 2.45) is 0 Å². The summed E-state index contributed by atoms with van der Waals surface area (Å²) in [5.74, 6) is -0.918. The molecule has 0 aliphatic heterocycles. The predicted octanol–water partition coefficient (Wildman–Crippen LogP) is 1.61. The van der Waals surface area contributed by atoms with Gasteiger partial charge in [0.05, 0.1) is 0 Å². The molecule has 0 atom stereocenters. The predicted molar refractivity (Wildman–Crippen MR) is 46.8 cm³/mol. The Morgan fingerprint density at radius 2 is 2.50 bits per heavy atom. The molecule has 0 amide bonds. The van der Waals surface area contributed by atoms with Gasteiger partial charge >= 0.3 is 5.97 Å². The molecule has 1 aromatic heterocycles. The molecule has 0 bridgehead atoms. The van der Waals surface area contributed by atoms with Crippen LogP contribution in [0, 0.1) is 0 Å². The largest absolute Gasteiger partial charge is 0.478 e. The lowest BCUT2D eigenvalue weighted by Gasteiger charge is -1.99. The molecule has 3 nitrogen and oxygen atoms in total. The molecular formula is C9H11NO2. The molecule has 0 radical (unpaired) electrons. The molecule has 3 heteroatoms. The maximum atomic E-state index is 10.2. The number of carbonyl (C=O) groups is 1. The first-order valence-electron chi connectivity index (χ1n) is 3.80. The van der Waals surface area contributed by atoms with Crippen LogP contribution in [-0.4, -0.2) is 15.6 Å². The number of carboxylic acid groups (broad SMARTS) is 1. The maximum absolute atomic E-state index is 10.2.